The van der Waals surface area contributed by atoms with Crippen LogP contribution in [0.5, 0.6) is 0 Å². The molecule has 1 aromatic rings. The third kappa shape index (κ3) is 4.01. The second kappa shape index (κ2) is 6.47. The standard InChI is InChI=1S/C13H21N3O2S/c1-12-11-14-7-9-16(12)10-8-15-19(17,18)13-5-3-2-4-6-13/h2-6,12,14-15H,7-11H2,1H3/t12-/m1/s1. The number of piperazine rings is 1. The molecule has 0 aromatic heterocycles. The minimum absolute atomic E-state index is 0.323. The zero-order valence-electron chi connectivity index (χ0n) is 11.2. The maximum Gasteiger partial charge on any atom is 0.240 e. The molecular weight excluding hydrogens is 262 g/mol. The van der Waals surface area contributed by atoms with Crippen molar-refractivity contribution in [1.82, 2.24) is 14.9 Å². The Labute approximate surface area is 115 Å². The average Bonchev–Trinajstić information content (AvgIpc) is 2.42. The molecule has 1 aromatic carbocycles. The molecule has 0 unspecified atom stereocenters. The summed E-state index contributed by atoms with van der Waals surface area (Å²) in [5.74, 6) is 0. The number of rotatable bonds is 5. The van der Waals surface area contributed by atoms with Gasteiger partial charge in [0.2, 0.25) is 10.0 Å². The van der Waals surface area contributed by atoms with E-state index in [1.165, 1.54) is 0 Å². The first kappa shape index (κ1) is 14.5. The topological polar surface area (TPSA) is 61.4 Å². The second-order valence-corrected chi connectivity index (χ2v) is 6.57. The van der Waals surface area contributed by atoms with E-state index < -0.39 is 10.0 Å². The van der Waals surface area contributed by atoms with Crippen LogP contribution in [0.2, 0.25) is 0 Å². The molecule has 1 fully saturated rings. The molecule has 0 aliphatic carbocycles. The second-order valence-electron chi connectivity index (χ2n) is 4.80. The molecule has 2 rings (SSSR count). The Morgan fingerprint density at radius 3 is 2.79 bits per heavy atom. The van der Waals surface area contributed by atoms with Crippen molar-refractivity contribution in [3.8, 4) is 0 Å². The molecule has 1 heterocycles. The summed E-state index contributed by atoms with van der Waals surface area (Å²) in [4.78, 5) is 2.62. The highest BCUT2D eigenvalue weighted by molar-refractivity contribution is 7.89. The van der Waals surface area contributed by atoms with Gasteiger partial charge in [-0.3, -0.25) is 4.90 Å². The van der Waals surface area contributed by atoms with Crippen LogP contribution in [0.4, 0.5) is 0 Å². The highest BCUT2D eigenvalue weighted by atomic mass is 32.2. The SMILES string of the molecule is C[C@@H]1CNCCN1CCNS(=O)(=O)c1ccccc1. The van der Waals surface area contributed by atoms with E-state index in [4.69, 9.17) is 0 Å². The Hall–Kier alpha value is -0.950. The molecule has 0 bridgehead atoms. The number of hydrogen-bond donors (Lipinski definition) is 2. The molecule has 1 atom stereocenters. The van der Waals surface area contributed by atoms with Crippen molar-refractivity contribution < 1.29 is 8.42 Å². The van der Waals surface area contributed by atoms with Gasteiger partial charge < -0.3 is 5.32 Å². The highest BCUT2D eigenvalue weighted by Gasteiger charge is 2.18. The summed E-state index contributed by atoms with van der Waals surface area (Å²) in [6.45, 7) is 6.24. The average molecular weight is 283 g/mol. The summed E-state index contributed by atoms with van der Waals surface area (Å²) in [6.07, 6.45) is 0. The van der Waals surface area contributed by atoms with Crippen molar-refractivity contribution in [2.45, 2.75) is 17.9 Å². The maximum absolute atomic E-state index is 12.0. The van der Waals surface area contributed by atoms with Gasteiger partial charge in [-0.15, -0.1) is 0 Å². The van der Waals surface area contributed by atoms with Crippen LogP contribution in [0.3, 0.4) is 0 Å². The number of sulfonamides is 1. The summed E-state index contributed by atoms with van der Waals surface area (Å²) in [6, 6.07) is 8.93. The normalized spacial score (nSPS) is 21.4. The van der Waals surface area contributed by atoms with Crippen LogP contribution in [0.25, 0.3) is 0 Å². The van der Waals surface area contributed by atoms with Crippen LogP contribution in [0.15, 0.2) is 35.2 Å². The molecule has 0 saturated carbocycles. The lowest BCUT2D eigenvalue weighted by atomic mass is 10.2. The quantitative estimate of drug-likeness (QED) is 0.814. The lowest BCUT2D eigenvalue weighted by Crippen LogP contribution is -2.51. The van der Waals surface area contributed by atoms with E-state index in [1.54, 1.807) is 30.3 Å². The Morgan fingerprint density at radius 1 is 1.37 bits per heavy atom. The van der Waals surface area contributed by atoms with Gasteiger partial charge in [-0.25, -0.2) is 13.1 Å². The number of nitrogens with one attached hydrogen (secondary N) is 2. The van der Waals surface area contributed by atoms with Crippen molar-refractivity contribution in [1.29, 1.82) is 0 Å². The fourth-order valence-electron chi connectivity index (χ4n) is 2.22. The van der Waals surface area contributed by atoms with Crippen molar-refractivity contribution in [2.24, 2.45) is 0 Å². The molecule has 1 saturated heterocycles. The van der Waals surface area contributed by atoms with Crippen molar-refractivity contribution in [3.63, 3.8) is 0 Å². The molecule has 19 heavy (non-hydrogen) atoms. The Morgan fingerprint density at radius 2 is 2.11 bits per heavy atom. The summed E-state index contributed by atoms with van der Waals surface area (Å²) < 4.78 is 26.7. The predicted molar refractivity (Wildman–Crippen MR) is 75.5 cm³/mol. The molecule has 5 nitrogen and oxygen atoms in total. The maximum atomic E-state index is 12.0. The third-order valence-corrected chi connectivity index (χ3v) is 4.86. The molecule has 0 spiro atoms. The van der Waals surface area contributed by atoms with E-state index in [2.05, 4.69) is 21.9 Å². The Bertz CT molecular complexity index is 490. The molecular formula is C13H21N3O2S. The van der Waals surface area contributed by atoms with Crippen LogP contribution in [0, 0.1) is 0 Å². The van der Waals surface area contributed by atoms with Gasteiger partial charge in [-0.2, -0.15) is 0 Å². The fourth-order valence-corrected chi connectivity index (χ4v) is 3.26. The molecule has 1 aliphatic rings. The summed E-state index contributed by atoms with van der Waals surface area (Å²) in [5.41, 5.74) is 0. The van der Waals surface area contributed by atoms with Gasteiger partial charge >= 0.3 is 0 Å². The zero-order chi connectivity index (χ0) is 13.7. The van der Waals surface area contributed by atoms with Gasteiger partial charge in [0.1, 0.15) is 0 Å². The number of hydrogen-bond acceptors (Lipinski definition) is 4. The molecule has 1 aliphatic heterocycles. The minimum atomic E-state index is -3.37. The van der Waals surface area contributed by atoms with E-state index in [0.717, 1.165) is 26.2 Å². The minimum Gasteiger partial charge on any atom is -0.314 e. The van der Waals surface area contributed by atoms with Crippen molar-refractivity contribution in [2.75, 3.05) is 32.7 Å². The van der Waals surface area contributed by atoms with Gasteiger partial charge in [-0.1, -0.05) is 18.2 Å². The number of nitrogens with zero attached hydrogens (tertiary/aromatic N) is 1. The Balaban J connectivity index is 1.85. The van der Waals surface area contributed by atoms with Crippen LogP contribution in [-0.2, 0) is 10.0 Å². The summed E-state index contributed by atoms with van der Waals surface area (Å²) in [7, 11) is -3.37. The van der Waals surface area contributed by atoms with E-state index in [9.17, 15) is 8.42 Å². The molecule has 6 heteroatoms. The third-order valence-electron chi connectivity index (χ3n) is 3.38. The number of benzene rings is 1. The van der Waals surface area contributed by atoms with Crippen LogP contribution in [-0.4, -0.2) is 52.1 Å². The molecule has 0 radical (unpaired) electrons. The van der Waals surface area contributed by atoms with Crippen molar-refractivity contribution in [3.05, 3.63) is 30.3 Å². The first-order valence-electron chi connectivity index (χ1n) is 6.59. The largest absolute Gasteiger partial charge is 0.314 e. The molecule has 2 N–H and O–H groups in total. The van der Waals surface area contributed by atoms with Crippen LogP contribution < -0.4 is 10.0 Å². The fraction of sp³-hybridized carbons (Fsp3) is 0.538. The van der Waals surface area contributed by atoms with E-state index in [-0.39, 0.29) is 0 Å². The lowest BCUT2D eigenvalue weighted by Gasteiger charge is -2.33. The predicted octanol–water partition coefficient (Wildman–Crippen LogP) is 0.259. The monoisotopic (exact) mass is 283 g/mol. The van der Waals surface area contributed by atoms with Gasteiger partial charge in [0.05, 0.1) is 4.90 Å². The summed E-state index contributed by atoms with van der Waals surface area (Å²) in [5, 5.41) is 3.32. The van der Waals surface area contributed by atoms with Gasteiger partial charge in [0.15, 0.2) is 0 Å². The van der Waals surface area contributed by atoms with Crippen molar-refractivity contribution >= 4 is 10.0 Å². The van der Waals surface area contributed by atoms with E-state index in [1.807, 2.05) is 0 Å². The van der Waals surface area contributed by atoms with Crippen LogP contribution in [0.1, 0.15) is 6.92 Å². The van der Waals surface area contributed by atoms with Crippen LogP contribution >= 0.6 is 0 Å². The van der Waals surface area contributed by atoms with E-state index in [0.29, 0.717) is 17.5 Å². The van der Waals surface area contributed by atoms with E-state index >= 15 is 0 Å². The van der Waals surface area contributed by atoms with Gasteiger partial charge in [0, 0.05) is 38.8 Å². The molecule has 0 amide bonds. The first-order valence-corrected chi connectivity index (χ1v) is 8.07. The highest BCUT2D eigenvalue weighted by Crippen LogP contribution is 2.07. The summed E-state index contributed by atoms with van der Waals surface area (Å²) >= 11 is 0. The molecule has 106 valence electrons. The Kier molecular flexibility index (Phi) is 4.93. The lowest BCUT2D eigenvalue weighted by molar-refractivity contribution is 0.177. The van der Waals surface area contributed by atoms with Gasteiger partial charge in [-0.05, 0) is 19.1 Å². The van der Waals surface area contributed by atoms with Gasteiger partial charge in [0.25, 0.3) is 0 Å². The zero-order valence-corrected chi connectivity index (χ0v) is 12.0. The smallest absolute Gasteiger partial charge is 0.240 e. The first-order chi connectivity index (χ1) is 9.09.